The van der Waals surface area contributed by atoms with Gasteiger partial charge in [0.1, 0.15) is 6.04 Å². The van der Waals surface area contributed by atoms with Crippen LogP contribution in [0.4, 0.5) is 0 Å². The van der Waals surface area contributed by atoms with E-state index in [4.69, 9.17) is 9.47 Å². The first-order valence-electron chi connectivity index (χ1n) is 7.64. The number of likely N-dealkylation sites (tertiary alicyclic amines) is 1. The maximum atomic E-state index is 12.2. The number of benzene rings is 1. The van der Waals surface area contributed by atoms with Crippen LogP contribution in [0.3, 0.4) is 0 Å². The minimum atomic E-state index is -0.371. The molecule has 1 aromatic rings. The Bertz CT molecular complexity index is 588. The summed E-state index contributed by atoms with van der Waals surface area (Å²) in [4.78, 5) is 25.9. The van der Waals surface area contributed by atoms with Gasteiger partial charge < -0.3 is 19.7 Å². The van der Waals surface area contributed by atoms with Crippen molar-refractivity contribution in [3.05, 3.63) is 23.8 Å². The molecule has 1 aromatic carbocycles. The number of nitrogens with one attached hydrogen (secondary N) is 1. The number of nitrogens with zero attached hydrogens (tertiary/aromatic N) is 1. The summed E-state index contributed by atoms with van der Waals surface area (Å²) in [6.07, 6.45) is 1.89. The van der Waals surface area contributed by atoms with E-state index in [1.165, 1.54) is 0 Å². The Morgan fingerprint density at radius 3 is 3.00 bits per heavy atom. The number of hydrogen-bond acceptors (Lipinski definition) is 4. The predicted molar refractivity (Wildman–Crippen MR) is 79.4 cm³/mol. The van der Waals surface area contributed by atoms with Crippen molar-refractivity contribution in [1.82, 2.24) is 10.2 Å². The molecule has 6 heteroatoms. The summed E-state index contributed by atoms with van der Waals surface area (Å²) in [5.41, 5.74) is 0.938. The maximum Gasteiger partial charge on any atom is 0.242 e. The highest BCUT2D eigenvalue weighted by atomic mass is 16.7. The Morgan fingerprint density at radius 2 is 2.18 bits per heavy atom. The molecule has 118 valence electrons. The summed E-state index contributed by atoms with van der Waals surface area (Å²) >= 11 is 0. The minimum Gasteiger partial charge on any atom is -0.454 e. The lowest BCUT2D eigenvalue weighted by molar-refractivity contribution is -0.135. The molecule has 2 amide bonds. The van der Waals surface area contributed by atoms with Crippen molar-refractivity contribution in [3.8, 4) is 11.5 Å². The highest BCUT2D eigenvalue weighted by Gasteiger charge is 2.35. The van der Waals surface area contributed by atoms with Crippen LogP contribution in [0.2, 0.25) is 0 Å². The number of rotatable bonds is 5. The molecule has 0 saturated carbocycles. The lowest BCUT2D eigenvalue weighted by Crippen LogP contribution is -2.44. The lowest BCUT2D eigenvalue weighted by atomic mass is 10.1. The van der Waals surface area contributed by atoms with Gasteiger partial charge in [0.2, 0.25) is 18.6 Å². The minimum absolute atomic E-state index is 0.0225. The van der Waals surface area contributed by atoms with Crippen molar-refractivity contribution in [3.63, 3.8) is 0 Å². The molecule has 1 N–H and O–H groups in total. The molecule has 0 unspecified atom stereocenters. The monoisotopic (exact) mass is 304 g/mol. The standard InChI is InChI=1S/C16H20N2O4/c1-2-7-17-16(20)12-4-6-15(19)18(12)9-11-3-5-13-14(8-11)22-10-21-13/h3,5,8,12H,2,4,6-7,9-10H2,1H3,(H,17,20)/t12-/m1/s1. The van der Waals surface area contributed by atoms with Crippen molar-refractivity contribution < 1.29 is 19.1 Å². The van der Waals surface area contributed by atoms with E-state index >= 15 is 0 Å². The highest BCUT2D eigenvalue weighted by Crippen LogP contribution is 2.33. The van der Waals surface area contributed by atoms with E-state index in [2.05, 4.69) is 5.32 Å². The first kappa shape index (κ1) is 14.7. The fraction of sp³-hybridized carbons (Fsp3) is 0.500. The number of amides is 2. The third-order valence-corrected chi connectivity index (χ3v) is 3.97. The van der Waals surface area contributed by atoms with Gasteiger partial charge in [-0.1, -0.05) is 13.0 Å². The van der Waals surface area contributed by atoms with E-state index in [9.17, 15) is 9.59 Å². The maximum absolute atomic E-state index is 12.2. The van der Waals surface area contributed by atoms with Gasteiger partial charge in [0.05, 0.1) is 0 Å². The topological polar surface area (TPSA) is 67.9 Å². The fourth-order valence-corrected chi connectivity index (χ4v) is 2.81. The lowest BCUT2D eigenvalue weighted by Gasteiger charge is -2.24. The van der Waals surface area contributed by atoms with Gasteiger partial charge in [0, 0.05) is 19.5 Å². The molecule has 1 atom stereocenters. The van der Waals surface area contributed by atoms with Crippen LogP contribution in [0.15, 0.2) is 18.2 Å². The van der Waals surface area contributed by atoms with Gasteiger partial charge in [-0.05, 0) is 30.5 Å². The molecule has 0 aromatic heterocycles. The van der Waals surface area contributed by atoms with E-state index in [-0.39, 0.29) is 24.6 Å². The zero-order valence-corrected chi connectivity index (χ0v) is 12.6. The van der Waals surface area contributed by atoms with E-state index in [0.29, 0.717) is 37.4 Å². The van der Waals surface area contributed by atoms with Crippen molar-refractivity contribution in [2.45, 2.75) is 38.8 Å². The Hall–Kier alpha value is -2.24. The van der Waals surface area contributed by atoms with Crippen LogP contribution < -0.4 is 14.8 Å². The summed E-state index contributed by atoms with van der Waals surface area (Å²) in [5, 5.41) is 2.87. The number of fused-ring (bicyclic) bond motifs is 1. The largest absolute Gasteiger partial charge is 0.454 e. The van der Waals surface area contributed by atoms with Crippen LogP contribution in [-0.4, -0.2) is 36.1 Å². The molecule has 6 nitrogen and oxygen atoms in total. The second-order valence-corrected chi connectivity index (χ2v) is 5.55. The van der Waals surface area contributed by atoms with E-state index < -0.39 is 0 Å². The van der Waals surface area contributed by atoms with Crippen LogP contribution in [0.25, 0.3) is 0 Å². The molecule has 1 saturated heterocycles. The molecule has 2 aliphatic heterocycles. The van der Waals surface area contributed by atoms with Gasteiger partial charge >= 0.3 is 0 Å². The van der Waals surface area contributed by atoms with Gasteiger partial charge in [-0.25, -0.2) is 0 Å². The number of carbonyl (C=O) groups is 2. The third kappa shape index (κ3) is 2.86. The summed E-state index contributed by atoms with van der Waals surface area (Å²) in [6.45, 7) is 3.29. The van der Waals surface area contributed by atoms with Gasteiger partial charge in [-0.15, -0.1) is 0 Å². The van der Waals surface area contributed by atoms with Gasteiger partial charge in [-0.2, -0.15) is 0 Å². The smallest absolute Gasteiger partial charge is 0.242 e. The normalized spacial score (nSPS) is 19.6. The molecule has 2 heterocycles. The Morgan fingerprint density at radius 1 is 1.36 bits per heavy atom. The zero-order chi connectivity index (χ0) is 15.5. The second-order valence-electron chi connectivity index (χ2n) is 5.55. The van der Waals surface area contributed by atoms with Crippen molar-refractivity contribution in [2.75, 3.05) is 13.3 Å². The molecule has 0 spiro atoms. The molecule has 0 aliphatic carbocycles. The van der Waals surface area contributed by atoms with Crippen molar-refractivity contribution in [1.29, 1.82) is 0 Å². The van der Waals surface area contributed by atoms with E-state index in [0.717, 1.165) is 12.0 Å². The SMILES string of the molecule is CCCNC(=O)[C@H]1CCC(=O)N1Cc1ccc2c(c1)OCO2. The molecule has 0 bridgehead atoms. The Balaban J connectivity index is 1.71. The molecule has 22 heavy (non-hydrogen) atoms. The molecular formula is C16H20N2O4. The Labute approximate surface area is 129 Å². The van der Waals surface area contributed by atoms with Gasteiger partial charge in [-0.3, -0.25) is 9.59 Å². The molecular weight excluding hydrogens is 284 g/mol. The fourth-order valence-electron chi connectivity index (χ4n) is 2.81. The number of carbonyl (C=O) groups excluding carboxylic acids is 2. The quantitative estimate of drug-likeness (QED) is 0.893. The Kier molecular flexibility index (Phi) is 4.18. The predicted octanol–water partition coefficient (Wildman–Crippen LogP) is 1.43. The van der Waals surface area contributed by atoms with Crippen LogP contribution in [0, 0.1) is 0 Å². The highest BCUT2D eigenvalue weighted by molar-refractivity contribution is 5.90. The second kappa shape index (κ2) is 6.25. The third-order valence-electron chi connectivity index (χ3n) is 3.97. The van der Waals surface area contributed by atoms with Crippen LogP contribution in [0.1, 0.15) is 31.7 Å². The molecule has 0 radical (unpaired) electrons. The average molecular weight is 304 g/mol. The van der Waals surface area contributed by atoms with E-state index in [1.807, 2.05) is 25.1 Å². The summed E-state index contributed by atoms with van der Waals surface area (Å²) in [5.74, 6) is 1.37. The van der Waals surface area contributed by atoms with Crippen LogP contribution in [0.5, 0.6) is 11.5 Å². The number of hydrogen-bond donors (Lipinski definition) is 1. The molecule has 3 rings (SSSR count). The molecule has 1 fully saturated rings. The van der Waals surface area contributed by atoms with Crippen molar-refractivity contribution >= 4 is 11.8 Å². The van der Waals surface area contributed by atoms with Crippen LogP contribution >= 0.6 is 0 Å². The summed E-state index contributed by atoms with van der Waals surface area (Å²) in [6, 6.07) is 5.24. The van der Waals surface area contributed by atoms with Crippen LogP contribution in [-0.2, 0) is 16.1 Å². The first-order chi connectivity index (χ1) is 10.7. The molecule has 2 aliphatic rings. The number of ether oxygens (including phenoxy) is 2. The first-order valence-corrected chi connectivity index (χ1v) is 7.64. The average Bonchev–Trinajstić information content (AvgIpc) is 3.12. The van der Waals surface area contributed by atoms with E-state index in [1.54, 1.807) is 4.90 Å². The van der Waals surface area contributed by atoms with Crippen molar-refractivity contribution in [2.24, 2.45) is 0 Å². The summed E-state index contributed by atoms with van der Waals surface area (Å²) < 4.78 is 10.6. The zero-order valence-electron chi connectivity index (χ0n) is 12.6. The summed E-state index contributed by atoms with van der Waals surface area (Å²) in [7, 11) is 0. The van der Waals surface area contributed by atoms with Gasteiger partial charge in [0.15, 0.2) is 11.5 Å². The van der Waals surface area contributed by atoms with Gasteiger partial charge in [0.25, 0.3) is 0 Å².